The predicted octanol–water partition coefficient (Wildman–Crippen LogP) is 4.15. The number of nitrogens with zero attached hydrogens (tertiary/aromatic N) is 2. The highest BCUT2D eigenvalue weighted by molar-refractivity contribution is 7.99. The maximum atomic E-state index is 12.5. The topological polar surface area (TPSA) is 79.9 Å². The van der Waals surface area contributed by atoms with Crippen LogP contribution in [0.3, 0.4) is 0 Å². The van der Waals surface area contributed by atoms with E-state index in [1.807, 2.05) is 24.3 Å². The van der Waals surface area contributed by atoms with E-state index >= 15 is 0 Å². The standard InChI is InChI=1S/C18H16F2N4O2S/c1-26-14-8-4-12(5-9-14)17-22-18(24-23-17)27-10-15(25)21-13-6-2-11(3-7-13)16(19)20/h2-9,16H,10H2,1H3,(H,21,25)(H,22,23,24). The van der Waals surface area contributed by atoms with Gasteiger partial charge in [0.1, 0.15) is 5.75 Å². The zero-order valence-electron chi connectivity index (χ0n) is 14.3. The second kappa shape index (κ2) is 8.63. The first-order chi connectivity index (χ1) is 13.0. The molecule has 9 heteroatoms. The molecule has 1 heterocycles. The molecule has 0 aliphatic heterocycles. The molecular weight excluding hydrogens is 374 g/mol. The molecule has 0 fully saturated rings. The zero-order chi connectivity index (χ0) is 19.2. The second-order valence-corrected chi connectivity index (χ2v) is 6.40. The lowest BCUT2D eigenvalue weighted by Crippen LogP contribution is -2.14. The van der Waals surface area contributed by atoms with Crippen LogP contribution in [0.25, 0.3) is 11.4 Å². The molecule has 6 nitrogen and oxygen atoms in total. The number of benzene rings is 2. The fraction of sp³-hybridized carbons (Fsp3) is 0.167. The molecule has 0 spiro atoms. The summed E-state index contributed by atoms with van der Waals surface area (Å²) in [6.07, 6.45) is -2.53. The molecule has 0 atom stereocenters. The van der Waals surface area contributed by atoms with E-state index in [0.29, 0.717) is 16.7 Å². The Hall–Kier alpha value is -2.94. The van der Waals surface area contributed by atoms with Crippen molar-refractivity contribution in [2.45, 2.75) is 11.6 Å². The minimum absolute atomic E-state index is 0.0887. The molecule has 0 saturated carbocycles. The monoisotopic (exact) mass is 390 g/mol. The Labute approximate surface area is 158 Å². The first kappa shape index (κ1) is 18.8. The Bertz CT molecular complexity index is 898. The van der Waals surface area contributed by atoms with Crippen molar-refractivity contribution in [3.8, 4) is 17.1 Å². The number of H-pyrrole nitrogens is 1. The fourth-order valence-electron chi connectivity index (χ4n) is 2.23. The molecule has 2 N–H and O–H groups in total. The maximum absolute atomic E-state index is 12.5. The molecule has 27 heavy (non-hydrogen) atoms. The number of carbonyl (C=O) groups excluding carboxylic acids is 1. The van der Waals surface area contributed by atoms with E-state index < -0.39 is 6.43 Å². The molecule has 0 bridgehead atoms. The van der Waals surface area contributed by atoms with Crippen LogP contribution in [-0.4, -0.2) is 34.0 Å². The van der Waals surface area contributed by atoms with Crippen molar-refractivity contribution in [2.75, 3.05) is 18.2 Å². The Morgan fingerprint density at radius 3 is 2.52 bits per heavy atom. The van der Waals surface area contributed by atoms with Crippen molar-refractivity contribution < 1.29 is 18.3 Å². The lowest BCUT2D eigenvalue weighted by molar-refractivity contribution is -0.113. The predicted molar refractivity (Wildman–Crippen MR) is 99.1 cm³/mol. The average Bonchev–Trinajstić information content (AvgIpc) is 3.16. The van der Waals surface area contributed by atoms with Crippen molar-refractivity contribution in [3.05, 3.63) is 54.1 Å². The Morgan fingerprint density at radius 2 is 1.89 bits per heavy atom. The number of rotatable bonds is 7. The van der Waals surface area contributed by atoms with Gasteiger partial charge in [0.05, 0.1) is 12.9 Å². The number of nitrogens with one attached hydrogen (secondary N) is 2. The summed E-state index contributed by atoms with van der Waals surface area (Å²) in [5.41, 5.74) is 1.21. The number of amides is 1. The number of hydrogen-bond acceptors (Lipinski definition) is 5. The summed E-state index contributed by atoms with van der Waals surface area (Å²) in [6, 6.07) is 12.8. The molecule has 3 aromatic rings. The number of alkyl halides is 2. The van der Waals surface area contributed by atoms with Crippen LogP contribution in [0.5, 0.6) is 5.75 Å². The molecule has 1 aromatic heterocycles. The van der Waals surface area contributed by atoms with Gasteiger partial charge in [0.2, 0.25) is 11.1 Å². The van der Waals surface area contributed by atoms with Crippen LogP contribution in [-0.2, 0) is 4.79 Å². The van der Waals surface area contributed by atoms with E-state index in [9.17, 15) is 13.6 Å². The van der Waals surface area contributed by atoms with Gasteiger partial charge in [-0.15, -0.1) is 5.10 Å². The first-order valence-corrected chi connectivity index (χ1v) is 8.91. The third kappa shape index (κ3) is 5.04. The molecule has 140 valence electrons. The number of methoxy groups -OCH3 is 1. The molecule has 0 unspecified atom stereocenters. The quantitative estimate of drug-likeness (QED) is 0.593. The molecule has 3 rings (SSSR count). The normalized spacial score (nSPS) is 10.8. The van der Waals surface area contributed by atoms with Gasteiger partial charge in [-0.3, -0.25) is 9.89 Å². The van der Waals surface area contributed by atoms with Crippen molar-refractivity contribution in [2.24, 2.45) is 0 Å². The summed E-state index contributed by atoms with van der Waals surface area (Å²) in [4.78, 5) is 16.3. The van der Waals surface area contributed by atoms with Crippen LogP contribution in [0, 0.1) is 0 Å². The van der Waals surface area contributed by atoms with Crippen LogP contribution >= 0.6 is 11.8 Å². The lowest BCUT2D eigenvalue weighted by Gasteiger charge is -2.05. The van der Waals surface area contributed by atoms with Crippen molar-refractivity contribution in [3.63, 3.8) is 0 Å². The highest BCUT2D eigenvalue weighted by Gasteiger charge is 2.10. The van der Waals surface area contributed by atoms with Crippen molar-refractivity contribution in [1.29, 1.82) is 0 Å². The Kier molecular flexibility index (Phi) is 6.02. The SMILES string of the molecule is COc1ccc(-c2nc(SCC(=O)Nc3ccc(C(F)F)cc3)n[nH]2)cc1. The van der Waals surface area contributed by atoms with Crippen molar-refractivity contribution >= 4 is 23.4 Å². The average molecular weight is 390 g/mol. The third-order valence-electron chi connectivity index (χ3n) is 3.61. The number of anilines is 1. The van der Waals surface area contributed by atoms with Gasteiger partial charge in [0.25, 0.3) is 6.43 Å². The second-order valence-electron chi connectivity index (χ2n) is 5.45. The summed E-state index contributed by atoms with van der Waals surface area (Å²) in [5, 5.41) is 9.98. The van der Waals surface area contributed by atoms with Gasteiger partial charge in [-0.25, -0.2) is 13.8 Å². The minimum Gasteiger partial charge on any atom is -0.497 e. The van der Waals surface area contributed by atoms with E-state index in [4.69, 9.17) is 4.74 Å². The Morgan fingerprint density at radius 1 is 1.19 bits per heavy atom. The van der Waals surface area contributed by atoms with Crippen molar-refractivity contribution in [1.82, 2.24) is 15.2 Å². The van der Waals surface area contributed by atoms with Gasteiger partial charge in [-0.05, 0) is 36.4 Å². The lowest BCUT2D eigenvalue weighted by atomic mass is 10.2. The maximum Gasteiger partial charge on any atom is 0.263 e. The van der Waals surface area contributed by atoms with Crippen LogP contribution in [0.4, 0.5) is 14.5 Å². The minimum atomic E-state index is -2.53. The van der Waals surface area contributed by atoms with Crippen LogP contribution in [0.1, 0.15) is 12.0 Å². The van der Waals surface area contributed by atoms with Crippen LogP contribution in [0.2, 0.25) is 0 Å². The van der Waals surface area contributed by atoms with Crippen LogP contribution < -0.4 is 10.1 Å². The molecule has 0 radical (unpaired) electrons. The van der Waals surface area contributed by atoms with E-state index in [1.54, 1.807) is 7.11 Å². The number of thioether (sulfide) groups is 1. The molecule has 1 amide bonds. The summed E-state index contributed by atoms with van der Waals surface area (Å²) < 4.78 is 30.1. The summed E-state index contributed by atoms with van der Waals surface area (Å²) in [6.45, 7) is 0. The van der Waals surface area contributed by atoms with Gasteiger partial charge < -0.3 is 10.1 Å². The van der Waals surface area contributed by atoms with Gasteiger partial charge >= 0.3 is 0 Å². The highest BCUT2D eigenvalue weighted by Crippen LogP contribution is 2.23. The van der Waals surface area contributed by atoms with E-state index in [2.05, 4.69) is 20.5 Å². The van der Waals surface area contributed by atoms with Gasteiger partial charge in [-0.1, -0.05) is 23.9 Å². The van der Waals surface area contributed by atoms with Gasteiger partial charge in [0.15, 0.2) is 5.82 Å². The smallest absolute Gasteiger partial charge is 0.263 e. The number of aromatic nitrogens is 3. The van der Waals surface area contributed by atoms with Gasteiger partial charge in [0, 0.05) is 16.8 Å². The number of halogens is 2. The summed E-state index contributed by atoms with van der Waals surface area (Å²) in [5.74, 6) is 1.14. The van der Waals surface area contributed by atoms with E-state index in [1.165, 1.54) is 36.0 Å². The number of hydrogen-bond donors (Lipinski definition) is 2. The molecule has 0 aliphatic rings. The highest BCUT2D eigenvalue weighted by atomic mass is 32.2. The zero-order valence-corrected chi connectivity index (χ0v) is 15.1. The Balaban J connectivity index is 1.53. The number of ether oxygens (including phenoxy) is 1. The summed E-state index contributed by atoms with van der Waals surface area (Å²) in [7, 11) is 1.59. The van der Waals surface area contributed by atoms with E-state index in [0.717, 1.165) is 11.3 Å². The number of carbonyl (C=O) groups is 1. The summed E-state index contributed by atoms with van der Waals surface area (Å²) >= 11 is 1.17. The molecule has 0 saturated heterocycles. The fourth-order valence-corrected chi connectivity index (χ4v) is 2.83. The molecular formula is C18H16F2N4O2S. The van der Waals surface area contributed by atoms with Crippen LogP contribution in [0.15, 0.2) is 53.7 Å². The van der Waals surface area contributed by atoms with E-state index in [-0.39, 0.29) is 17.2 Å². The van der Waals surface area contributed by atoms with Gasteiger partial charge in [-0.2, -0.15) is 0 Å². The number of aromatic amines is 1. The first-order valence-electron chi connectivity index (χ1n) is 7.93. The third-order valence-corrected chi connectivity index (χ3v) is 4.45. The molecule has 0 aliphatic carbocycles. The largest absolute Gasteiger partial charge is 0.497 e. The molecule has 2 aromatic carbocycles.